The van der Waals surface area contributed by atoms with Crippen LogP contribution in [0.25, 0.3) is 0 Å². The quantitative estimate of drug-likeness (QED) is 0.757. The highest BCUT2D eigenvalue weighted by Crippen LogP contribution is 2.22. The van der Waals surface area contributed by atoms with Crippen molar-refractivity contribution in [3.63, 3.8) is 0 Å². The molecular formula is C15H20ClN3O3. The zero-order valence-electron chi connectivity index (χ0n) is 12.4. The Balaban J connectivity index is 1.73. The van der Waals surface area contributed by atoms with E-state index in [0.29, 0.717) is 30.5 Å². The molecule has 1 saturated heterocycles. The van der Waals surface area contributed by atoms with Gasteiger partial charge in [-0.1, -0.05) is 17.7 Å². The highest BCUT2D eigenvalue weighted by atomic mass is 35.5. The number of hydrogen-bond acceptors (Lipinski definition) is 4. The van der Waals surface area contributed by atoms with Gasteiger partial charge in [-0.05, 0) is 24.6 Å². The van der Waals surface area contributed by atoms with Gasteiger partial charge in [0.15, 0.2) is 0 Å². The average molecular weight is 326 g/mol. The van der Waals surface area contributed by atoms with Crippen molar-refractivity contribution in [2.24, 2.45) is 0 Å². The summed E-state index contributed by atoms with van der Waals surface area (Å²) in [5.41, 5.74) is 1.51. The van der Waals surface area contributed by atoms with Crippen LogP contribution in [0.3, 0.4) is 0 Å². The van der Waals surface area contributed by atoms with Gasteiger partial charge in [-0.15, -0.1) is 0 Å². The summed E-state index contributed by atoms with van der Waals surface area (Å²) in [5.74, 6) is -0.315. The molecule has 1 atom stereocenters. The Kier molecular flexibility index (Phi) is 6.18. The van der Waals surface area contributed by atoms with Crippen molar-refractivity contribution in [2.45, 2.75) is 19.4 Å². The lowest BCUT2D eigenvalue weighted by atomic mass is 10.2. The Morgan fingerprint density at radius 3 is 3.00 bits per heavy atom. The first kappa shape index (κ1) is 16.7. The molecule has 120 valence electrons. The van der Waals surface area contributed by atoms with E-state index in [1.54, 1.807) is 18.2 Å². The zero-order chi connectivity index (χ0) is 15.9. The predicted octanol–water partition coefficient (Wildman–Crippen LogP) is 1.08. The number of carbonyl (C=O) groups excluding carboxylic acids is 2. The monoisotopic (exact) mass is 325 g/mol. The highest BCUT2D eigenvalue weighted by molar-refractivity contribution is 6.31. The number of ether oxygens (including phenoxy) is 1. The van der Waals surface area contributed by atoms with Gasteiger partial charge in [0.1, 0.15) is 6.04 Å². The van der Waals surface area contributed by atoms with E-state index >= 15 is 0 Å². The van der Waals surface area contributed by atoms with Crippen LogP contribution in [0.2, 0.25) is 5.02 Å². The first-order chi connectivity index (χ1) is 10.6. The SMILES string of the molecule is Cc1c(Cl)cccc1NC(=O)CCNC(=O)C1COCCN1. The second-order valence-electron chi connectivity index (χ2n) is 5.08. The zero-order valence-corrected chi connectivity index (χ0v) is 13.2. The summed E-state index contributed by atoms with van der Waals surface area (Å²) in [6.07, 6.45) is 0.200. The Bertz CT molecular complexity index is 545. The molecule has 1 unspecified atom stereocenters. The molecule has 1 aliphatic rings. The third-order valence-electron chi connectivity index (χ3n) is 3.43. The number of benzene rings is 1. The van der Waals surface area contributed by atoms with E-state index in [0.717, 1.165) is 5.56 Å². The van der Waals surface area contributed by atoms with Gasteiger partial charge in [0, 0.05) is 30.2 Å². The topological polar surface area (TPSA) is 79.5 Å². The Morgan fingerprint density at radius 2 is 2.27 bits per heavy atom. The van der Waals surface area contributed by atoms with E-state index in [9.17, 15) is 9.59 Å². The lowest BCUT2D eigenvalue weighted by Gasteiger charge is -2.22. The average Bonchev–Trinajstić information content (AvgIpc) is 2.52. The minimum absolute atomic E-state index is 0.147. The smallest absolute Gasteiger partial charge is 0.239 e. The number of amides is 2. The number of morpholine rings is 1. The van der Waals surface area contributed by atoms with Crippen LogP contribution in [0.15, 0.2) is 18.2 Å². The van der Waals surface area contributed by atoms with E-state index in [-0.39, 0.29) is 30.8 Å². The number of rotatable bonds is 5. The van der Waals surface area contributed by atoms with Gasteiger partial charge in [-0.3, -0.25) is 9.59 Å². The summed E-state index contributed by atoms with van der Waals surface area (Å²) in [7, 11) is 0. The van der Waals surface area contributed by atoms with Crippen molar-refractivity contribution in [3.8, 4) is 0 Å². The van der Waals surface area contributed by atoms with E-state index in [4.69, 9.17) is 16.3 Å². The molecule has 7 heteroatoms. The Hall–Kier alpha value is -1.63. The van der Waals surface area contributed by atoms with Crippen LogP contribution in [0, 0.1) is 6.92 Å². The van der Waals surface area contributed by atoms with Gasteiger partial charge < -0.3 is 20.7 Å². The third-order valence-corrected chi connectivity index (χ3v) is 3.84. The molecule has 22 heavy (non-hydrogen) atoms. The van der Waals surface area contributed by atoms with Gasteiger partial charge in [0.25, 0.3) is 0 Å². The van der Waals surface area contributed by atoms with E-state index < -0.39 is 0 Å². The summed E-state index contributed by atoms with van der Waals surface area (Å²) >= 11 is 6.00. The van der Waals surface area contributed by atoms with Crippen molar-refractivity contribution in [3.05, 3.63) is 28.8 Å². The molecule has 3 N–H and O–H groups in total. The fraction of sp³-hybridized carbons (Fsp3) is 0.467. The molecule has 1 aromatic carbocycles. The minimum atomic E-state index is -0.341. The second-order valence-corrected chi connectivity index (χ2v) is 5.49. The lowest BCUT2D eigenvalue weighted by Crippen LogP contribution is -2.51. The molecule has 0 radical (unpaired) electrons. The van der Waals surface area contributed by atoms with Crippen LogP contribution in [-0.4, -0.2) is 44.2 Å². The maximum Gasteiger partial charge on any atom is 0.239 e. The largest absolute Gasteiger partial charge is 0.378 e. The fourth-order valence-electron chi connectivity index (χ4n) is 2.11. The van der Waals surface area contributed by atoms with E-state index in [1.807, 2.05) is 6.92 Å². The Labute approximate surface area is 134 Å². The van der Waals surface area contributed by atoms with E-state index in [2.05, 4.69) is 16.0 Å². The number of anilines is 1. The molecular weight excluding hydrogens is 306 g/mol. The molecule has 2 amide bonds. The van der Waals surface area contributed by atoms with Crippen LogP contribution in [-0.2, 0) is 14.3 Å². The number of halogens is 1. The number of hydrogen-bond donors (Lipinski definition) is 3. The summed E-state index contributed by atoms with van der Waals surface area (Å²) < 4.78 is 5.22. The van der Waals surface area contributed by atoms with Crippen molar-refractivity contribution >= 4 is 29.1 Å². The standard InChI is InChI=1S/C15H20ClN3O3/c1-10-11(16)3-2-4-12(10)19-14(20)5-6-18-15(21)13-9-22-8-7-17-13/h2-4,13,17H,5-9H2,1H3,(H,18,21)(H,19,20). The normalized spacial score (nSPS) is 17.8. The summed E-state index contributed by atoms with van der Waals surface area (Å²) in [6.45, 7) is 3.76. The molecule has 2 rings (SSSR count). The third kappa shape index (κ3) is 4.69. The van der Waals surface area contributed by atoms with Crippen LogP contribution < -0.4 is 16.0 Å². The van der Waals surface area contributed by atoms with E-state index in [1.165, 1.54) is 0 Å². The molecule has 1 heterocycles. The van der Waals surface area contributed by atoms with Crippen molar-refractivity contribution < 1.29 is 14.3 Å². The predicted molar refractivity (Wildman–Crippen MR) is 85.1 cm³/mol. The number of nitrogens with one attached hydrogen (secondary N) is 3. The van der Waals surface area contributed by atoms with Gasteiger partial charge in [0.05, 0.1) is 13.2 Å². The maximum atomic E-state index is 11.9. The first-order valence-electron chi connectivity index (χ1n) is 7.21. The van der Waals surface area contributed by atoms with Crippen LogP contribution in [0.4, 0.5) is 5.69 Å². The van der Waals surface area contributed by atoms with Crippen molar-refractivity contribution in [1.29, 1.82) is 0 Å². The first-order valence-corrected chi connectivity index (χ1v) is 7.59. The molecule has 0 spiro atoms. The molecule has 0 aliphatic carbocycles. The van der Waals surface area contributed by atoms with Gasteiger partial charge >= 0.3 is 0 Å². The van der Waals surface area contributed by atoms with Gasteiger partial charge in [0.2, 0.25) is 11.8 Å². The minimum Gasteiger partial charge on any atom is -0.378 e. The maximum absolute atomic E-state index is 11.9. The molecule has 1 aliphatic heterocycles. The van der Waals surface area contributed by atoms with Gasteiger partial charge in [-0.25, -0.2) is 0 Å². The van der Waals surface area contributed by atoms with Crippen molar-refractivity contribution in [1.82, 2.24) is 10.6 Å². The molecule has 0 aromatic heterocycles. The van der Waals surface area contributed by atoms with Crippen LogP contribution in [0.5, 0.6) is 0 Å². The molecule has 0 bridgehead atoms. The lowest BCUT2D eigenvalue weighted by molar-refractivity contribution is -0.126. The molecule has 0 saturated carbocycles. The fourth-order valence-corrected chi connectivity index (χ4v) is 2.29. The van der Waals surface area contributed by atoms with Crippen LogP contribution >= 0.6 is 11.6 Å². The summed E-state index contributed by atoms with van der Waals surface area (Å²) in [4.78, 5) is 23.7. The highest BCUT2D eigenvalue weighted by Gasteiger charge is 2.20. The molecule has 6 nitrogen and oxygen atoms in total. The summed E-state index contributed by atoms with van der Waals surface area (Å²) in [6, 6.07) is 5.00. The number of carbonyl (C=O) groups is 2. The summed E-state index contributed by atoms with van der Waals surface area (Å²) in [5, 5.41) is 9.18. The molecule has 1 aromatic rings. The van der Waals surface area contributed by atoms with Crippen LogP contribution in [0.1, 0.15) is 12.0 Å². The van der Waals surface area contributed by atoms with Gasteiger partial charge in [-0.2, -0.15) is 0 Å². The Morgan fingerprint density at radius 1 is 1.45 bits per heavy atom. The second kappa shape index (κ2) is 8.12. The molecule has 1 fully saturated rings. The van der Waals surface area contributed by atoms with Crippen molar-refractivity contribution in [2.75, 3.05) is 31.6 Å².